The maximum Gasteiger partial charge on any atom is 0.215 e. The van der Waals surface area contributed by atoms with E-state index >= 15 is 0 Å². The zero-order valence-electron chi connectivity index (χ0n) is 15.9. The molecule has 0 radical (unpaired) electrons. The average Bonchev–Trinajstić information content (AvgIpc) is 2.50. The fourth-order valence-corrected chi connectivity index (χ4v) is 1.54. The van der Waals surface area contributed by atoms with Crippen molar-refractivity contribution in [1.82, 2.24) is 0 Å². The molecule has 1 aromatic heterocycles. The van der Waals surface area contributed by atoms with Crippen LogP contribution >= 0.6 is 0 Å². The van der Waals surface area contributed by atoms with Crippen LogP contribution in [0, 0.1) is 13.8 Å². The lowest BCUT2D eigenvalue weighted by Gasteiger charge is -2.06. The summed E-state index contributed by atoms with van der Waals surface area (Å²) in [6, 6.07) is -1.30. The first-order valence-corrected chi connectivity index (χ1v) is 4.64. The van der Waals surface area contributed by atoms with Crippen LogP contribution in [0.5, 0.6) is 0 Å². The van der Waals surface area contributed by atoms with Crippen LogP contribution in [0.2, 0.25) is 0 Å². The van der Waals surface area contributed by atoms with Gasteiger partial charge in [-0.05, 0) is 31.5 Å². The van der Waals surface area contributed by atoms with Crippen LogP contribution < -0.4 is 4.57 Å². The van der Waals surface area contributed by atoms with Gasteiger partial charge >= 0.3 is 0 Å². The van der Waals surface area contributed by atoms with E-state index in [0.29, 0.717) is 16.8 Å². The van der Waals surface area contributed by atoms with Gasteiger partial charge in [0.25, 0.3) is 0 Å². The molecule has 0 amide bonds. The van der Waals surface area contributed by atoms with Gasteiger partial charge in [0, 0.05) is 17.2 Å². The van der Waals surface area contributed by atoms with Crippen molar-refractivity contribution in [3.8, 4) is 11.3 Å². The molecule has 1 nitrogen and oxygen atoms in total. The fraction of sp³-hybridized carbons (Fsp3) is 0.214. The number of rotatable bonds is 1. The van der Waals surface area contributed by atoms with Crippen molar-refractivity contribution in [3.63, 3.8) is 0 Å². The topological polar surface area (TPSA) is 3.88 Å². The van der Waals surface area contributed by atoms with Crippen molar-refractivity contribution in [2.45, 2.75) is 13.8 Å². The van der Waals surface area contributed by atoms with E-state index in [9.17, 15) is 0 Å². The molecule has 0 aliphatic heterocycles. The molecule has 0 saturated heterocycles. The van der Waals surface area contributed by atoms with Gasteiger partial charge in [0.1, 0.15) is 8.42 Å². The minimum atomic E-state index is -0.349. The highest BCUT2D eigenvalue weighted by molar-refractivity contribution is 5.63. The summed E-state index contributed by atoms with van der Waals surface area (Å²) in [5, 5.41) is 0. The summed E-state index contributed by atoms with van der Waals surface area (Å²) in [5.41, 5.74) is 1.42. The first-order valence-electron chi connectivity index (χ1n) is 8.14. The predicted octanol–water partition coefficient (Wildman–Crippen LogP) is 2.79. The van der Waals surface area contributed by atoms with Crippen LogP contribution in [-0.2, 0) is 7.05 Å². The van der Waals surface area contributed by atoms with E-state index in [1.165, 1.54) is 4.57 Å². The number of hydrogen-bond acceptors (Lipinski definition) is 0. The molecular formula is C14H16N+. The van der Waals surface area contributed by atoms with E-state index < -0.39 is 0 Å². The van der Waals surface area contributed by atoms with Gasteiger partial charge in [0.2, 0.25) is 5.69 Å². The Labute approximate surface area is 101 Å². The van der Waals surface area contributed by atoms with Crippen LogP contribution in [-0.4, -0.2) is 0 Å². The van der Waals surface area contributed by atoms with Crippen molar-refractivity contribution < 1.29 is 14.2 Å². The quantitative estimate of drug-likeness (QED) is 0.630. The third-order valence-electron chi connectivity index (χ3n) is 2.28. The van der Waals surface area contributed by atoms with E-state index in [0.717, 1.165) is 0 Å². The first kappa shape index (κ1) is 4.48. The summed E-state index contributed by atoms with van der Waals surface area (Å²) < 4.78 is 56.6. The Balaban J connectivity index is 3.03. The molecule has 0 saturated carbocycles. The van der Waals surface area contributed by atoms with Gasteiger partial charge in [0.05, 0.1) is 8.22 Å². The van der Waals surface area contributed by atoms with Gasteiger partial charge in [0.15, 0.2) is 6.17 Å². The third-order valence-corrected chi connectivity index (χ3v) is 2.28. The second-order valence-electron chi connectivity index (χ2n) is 3.39. The van der Waals surface area contributed by atoms with Crippen LogP contribution in [0.1, 0.15) is 20.7 Å². The lowest BCUT2D eigenvalue weighted by molar-refractivity contribution is -0.660. The molecule has 0 unspecified atom stereocenters. The van der Waals surface area contributed by atoms with Gasteiger partial charge in [-0.2, -0.15) is 0 Å². The van der Waals surface area contributed by atoms with Crippen LogP contribution in [0.15, 0.2) is 42.4 Å². The lowest BCUT2D eigenvalue weighted by atomic mass is 10.0. The highest BCUT2D eigenvalue weighted by atomic mass is 14.9. The largest absolute Gasteiger partial charge is 0.215 e. The van der Waals surface area contributed by atoms with Crippen molar-refractivity contribution in [2.24, 2.45) is 7.05 Å². The Morgan fingerprint density at radius 2 is 1.67 bits per heavy atom. The highest BCUT2D eigenvalue weighted by Crippen LogP contribution is 2.22. The smallest absolute Gasteiger partial charge is 0.201 e. The van der Waals surface area contributed by atoms with Crippen LogP contribution in [0.3, 0.4) is 0 Å². The molecule has 15 heavy (non-hydrogen) atoms. The number of aromatic nitrogens is 1. The minimum Gasteiger partial charge on any atom is -0.201 e. The van der Waals surface area contributed by atoms with Crippen LogP contribution in [0.4, 0.5) is 0 Å². The summed E-state index contributed by atoms with van der Waals surface area (Å²) in [5.74, 6) is 0. The summed E-state index contributed by atoms with van der Waals surface area (Å²) in [4.78, 5) is 0. The van der Waals surface area contributed by atoms with E-state index in [4.69, 9.17) is 9.60 Å². The molecule has 1 heterocycles. The van der Waals surface area contributed by atoms with Crippen LogP contribution in [0.25, 0.3) is 11.3 Å². The molecule has 1 aromatic carbocycles. The molecule has 0 spiro atoms. The highest BCUT2D eigenvalue weighted by Gasteiger charge is 2.13. The van der Waals surface area contributed by atoms with Gasteiger partial charge in [-0.3, -0.25) is 0 Å². The van der Waals surface area contributed by atoms with E-state index in [1.807, 2.05) is 0 Å². The number of pyridine rings is 1. The molecule has 0 fully saturated rings. The maximum atomic E-state index is 8.13. The Morgan fingerprint density at radius 3 is 2.47 bits per heavy atom. The van der Waals surface area contributed by atoms with Gasteiger partial charge in [-0.1, -0.05) is 18.1 Å². The molecular weight excluding hydrogens is 182 g/mol. The predicted molar refractivity (Wildman–Crippen MR) is 62.5 cm³/mol. The zero-order chi connectivity index (χ0) is 16.9. The summed E-state index contributed by atoms with van der Waals surface area (Å²) in [7, 11) is 1.56. The average molecular weight is 205 g/mol. The molecule has 0 N–H and O–H groups in total. The van der Waals surface area contributed by atoms with E-state index in [1.54, 1.807) is 20.9 Å². The van der Waals surface area contributed by atoms with Gasteiger partial charge in [-0.15, -0.1) is 0 Å². The molecule has 0 aliphatic rings. The lowest BCUT2D eigenvalue weighted by Crippen LogP contribution is -2.31. The summed E-state index contributed by atoms with van der Waals surface area (Å²) in [6.07, 6.45) is -0.169. The van der Waals surface area contributed by atoms with Crippen molar-refractivity contribution in [3.05, 3.63) is 53.6 Å². The Kier molecular flexibility index (Phi) is 1.15. The van der Waals surface area contributed by atoms with Crippen molar-refractivity contribution >= 4 is 0 Å². The molecule has 1 heteroatoms. The SMILES string of the molecule is [2H]c1c([2H])c([2H])c(-c2c(C)c([2H])c([2H])c([2H])[n+]2C)c(C)c1[2H]. The molecule has 2 aromatic rings. The Bertz CT molecular complexity index is 673. The Hall–Kier alpha value is -1.63. The molecule has 0 aliphatic carbocycles. The van der Waals surface area contributed by atoms with Gasteiger partial charge in [-0.25, -0.2) is 4.57 Å². The molecule has 0 atom stereocenters. The maximum absolute atomic E-state index is 8.13. The Morgan fingerprint density at radius 1 is 1.00 bits per heavy atom. The first-order chi connectivity index (χ1) is 10.1. The minimum absolute atomic E-state index is 0.107. The normalized spacial score (nSPS) is 16.9. The fourth-order valence-electron chi connectivity index (χ4n) is 1.54. The second-order valence-corrected chi connectivity index (χ2v) is 3.39. The third kappa shape index (κ3) is 1.78. The number of benzene rings is 1. The molecule has 2 rings (SSSR count). The standard InChI is InChI=1S/C14H16N/c1-11-7-4-5-9-13(11)14-12(2)8-6-10-15(14)3/h4-10H,1-3H3/q+1/i4D,5D,6D,7D,8D,9D,10D. The van der Waals surface area contributed by atoms with Crippen molar-refractivity contribution in [1.29, 1.82) is 0 Å². The van der Waals surface area contributed by atoms with Gasteiger partial charge < -0.3 is 0 Å². The monoisotopic (exact) mass is 205 g/mol. The molecule has 76 valence electrons. The zero-order valence-corrected chi connectivity index (χ0v) is 8.95. The number of nitrogens with zero attached hydrogens (tertiary/aromatic N) is 1. The van der Waals surface area contributed by atoms with E-state index in [2.05, 4.69) is 0 Å². The van der Waals surface area contributed by atoms with Crippen molar-refractivity contribution in [2.75, 3.05) is 0 Å². The summed E-state index contributed by atoms with van der Waals surface area (Å²) >= 11 is 0. The van der Waals surface area contributed by atoms with E-state index in [-0.39, 0.29) is 48.0 Å². The molecule has 0 bridgehead atoms. The second kappa shape index (κ2) is 3.85. The summed E-state index contributed by atoms with van der Waals surface area (Å²) in [6.45, 7) is 3.21. The number of hydrogen-bond donors (Lipinski definition) is 0.